The summed E-state index contributed by atoms with van der Waals surface area (Å²) < 4.78 is 44.0. The molecule has 4 aromatic rings. The smallest absolute Gasteiger partial charge is 0.344 e. The quantitative estimate of drug-likeness (QED) is 0.427. The molecule has 1 N–H and O–H groups in total. The van der Waals surface area contributed by atoms with Crippen LogP contribution in [0.1, 0.15) is 47.3 Å². The minimum Gasteiger partial charge on any atom is -0.344 e. The fourth-order valence-corrected chi connectivity index (χ4v) is 4.34. The number of hydrogen-bond donors (Lipinski definition) is 1. The number of carbonyl (C=O) groups excluding carboxylic acids is 1. The largest absolute Gasteiger partial charge is 0.433 e. The molecule has 0 fully saturated rings. The molecule has 12 heteroatoms. The molecular weight excluding hydrogens is 465 g/mol. The number of fused-ring (bicyclic) bond motifs is 1. The molecule has 0 radical (unpaired) electrons. The van der Waals surface area contributed by atoms with Crippen LogP contribution < -0.4 is 5.32 Å². The SMILES string of the molecule is CCn1cc(C(C)NC(=O)c2cc3nc(-c4ccc(Cl)s4)cc(C(F)(F)F)n3n2)c(C)n1. The van der Waals surface area contributed by atoms with Crippen molar-refractivity contribution in [3.8, 4) is 10.6 Å². The van der Waals surface area contributed by atoms with Crippen LogP contribution >= 0.6 is 22.9 Å². The van der Waals surface area contributed by atoms with Crippen LogP contribution in [0.15, 0.2) is 30.5 Å². The third-order valence-corrected chi connectivity index (χ3v) is 6.15. The maximum atomic E-state index is 13.7. The first-order chi connectivity index (χ1) is 15.1. The Morgan fingerprint density at radius 3 is 2.62 bits per heavy atom. The Hall–Kier alpha value is -2.92. The van der Waals surface area contributed by atoms with Gasteiger partial charge in [-0.25, -0.2) is 9.50 Å². The lowest BCUT2D eigenvalue weighted by Crippen LogP contribution is -2.27. The molecule has 1 unspecified atom stereocenters. The number of halogens is 4. The summed E-state index contributed by atoms with van der Waals surface area (Å²) in [6.45, 7) is 6.22. The van der Waals surface area contributed by atoms with E-state index in [-0.39, 0.29) is 17.0 Å². The Morgan fingerprint density at radius 2 is 2.03 bits per heavy atom. The number of hydrogen-bond acceptors (Lipinski definition) is 5. The summed E-state index contributed by atoms with van der Waals surface area (Å²) in [5, 5.41) is 11.0. The van der Waals surface area contributed by atoms with Crippen molar-refractivity contribution in [3.63, 3.8) is 0 Å². The number of alkyl halides is 3. The zero-order valence-electron chi connectivity index (χ0n) is 17.2. The van der Waals surface area contributed by atoms with Gasteiger partial charge < -0.3 is 5.32 Å². The lowest BCUT2D eigenvalue weighted by atomic mass is 10.1. The molecule has 0 aromatic carbocycles. The zero-order chi connectivity index (χ0) is 23.2. The summed E-state index contributed by atoms with van der Waals surface area (Å²) in [5.41, 5.74) is 0.382. The Labute approximate surface area is 189 Å². The van der Waals surface area contributed by atoms with Gasteiger partial charge in [0.15, 0.2) is 17.0 Å². The van der Waals surface area contributed by atoms with Crippen molar-refractivity contribution in [2.45, 2.75) is 39.5 Å². The fourth-order valence-electron chi connectivity index (χ4n) is 3.33. The first-order valence-electron chi connectivity index (χ1n) is 9.65. The predicted molar refractivity (Wildman–Crippen MR) is 115 cm³/mol. The molecule has 0 spiro atoms. The molecule has 4 heterocycles. The van der Waals surface area contributed by atoms with E-state index in [0.29, 0.717) is 20.3 Å². The summed E-state index contributed by atoms with van der Waals surface area (Å²) in [5.74, 6) is -0.611. The highest BCUT2D eigenvalue weighted by Gasteiger charge is 2.36. The topological polar surface area (TPSA) is 77.1 Å². The number of nitrogens with zero attached hydrogens (tertiary/aromatic N) is 5. The molecule has 0 aliphatic heterocycles. The Balaban J connectivity index is 1.70. The van der Waals surface area contributed by atoms with Crippen molar-refractivity contribution >= 4 is 34.5 Å². The normalized spacial score (nSPS) is 13.0. The van der Waals surface area contributed by atoms with E-state index in [1.165, 1.54) is 6.07 Å². The second kappa shape index (κ2) is 8.21. The molecule has 168 valence electrons. The van der Waals surface area contributed by atoms with Gasteiger partial charge in [-0.3, -0.25) is 9.48 Å². The summed E-state index contributed by atoms with van der Waals surface area (Å²) in [6.07, 6.45) is -2.87. The molecule has 0 saturated heterocycles. The molecule has 0 saturated carbocycles. The van der Waals surface area contributed by atoms with E-state index >= 15 is 0 Å². The number of carbonyl (C=O) groups is 1. The Bertz CT molecular complexity index is 1310. The number of aryl methyl sites for hydroxylation is 2. The van der Waals surface area contributed by atoms with Crippen LogP contribution in [0.25, 0.3) is 16.2 Å². The molecule has 0 aliphatic rings. The van der Waals surface area contributed by atoms with E-state index < -0.39 is 23.8 Å². The first-order valence-corrected chi connectivity index (χ1v) is 10.8. The molecule has 7 nitrogen and oxygen atoms in total. The van der Waals surface area contributed by atoms with E-state index in [1.54, 1.807) is 23.7 Å². The van der Waals surface area contributed by atoms with E-state index in [4.69, 9.17) is 11.6 Å². The summed E-state index contributed by atoms with van der Waals surface area (Å²) in [7, 11) is 0. The third-order valence-electron chi connectivity index (χ3n) is 4.90. The van der Waals surface area contributed by atoms with E-state index in [9.17, 15) is 18.0 Å². The maximum Gasteiger partial charge on any atom is 0.433 e. The van der Waals surface area contributed by atoms with Gasteiger partial charge in [-0.1, -0.05) is 11.6 Å². The average molecular weight is 483 g/mol. The van der Waals surface area contributed by atoms with Crippen molar-refractivity contribution < 1.29 is 18.0 Å². The standard InChI is InChI=1S/C20H18ClF3N6OS/c1-4-29-9-12(11(3)27-29)10(2)25-19(31)14-8-18-26-13(15-5-6-17(21)32-15)7-16(20(22,23)24)30(18)28-14/h5-10H,4H2,1-3H3,(H,25,31). The lowest BCUT2D eigenvalue weighted by Gasteiger charge is -2.12. The summed E-state index contributed by atoms with van der Waals surface area (Å²) in [6, 6.07) is 4.90. The molecule has 4 rings (SSSR count). The summed E-state index contributed by atoms with van der Waals surface area (Å²) >= 11 is 7.03. The Kier molecular flexibility index (Phi) is 5.72. The second-order valence-electron chi connectivity index (χ2n) is 7.15. The molecular formula is C20H18ClF3N6OS. The van der Waals surface area contributed by atoms with Gasteiger partial charge in [0, 0.05) is 24.4 Å². The van der Waals surface area contributed by atoms with Crippen LogP contribution in [0, 0.1) is 6.92 Å². The van der Waals surface area contributed by atoms with Crippen LogP contribution in [0.4, 0.5) is 13.2 Å². The van der Waals surface area contributed by atoms with Gasteiger partial charge in [0.25, 0.3) is 5.91 Å². The van der Waals surface area contributed by atoms with Gasteiger partial charge in [-0.2, -0.15) is 23.4 Å². The van der Waals surface area contributed by atoms with Crippen molar-refractivity contribution in [1.29, 1.82) is 0 Å². The van der Waals surface area contributed by atoms with Gasteiger partial charge in [-0.15, -0.1) is 11.3 Å². The molecule has 1 amide bonds. The maximum absolute atomic E-state index is 13.7. The van der Waals surface area contributed by atoms with Crippen LogP contribution in [0.3, 0.4) is 0 Å². The molecule has 4 aromatic heterocycles. The average Bonchev–Trinajstić information content (AvgIpc) is 3.43. The van der Waals surface area contributed by atoms with E-state index in [2.05, 4.69) is 20.5 Å². The predicted octanol–water partition coefficient (Wildman–Crippen LogP) is 5.15. The van der Waals surface area contributed by atoms with E-state index in [1.807, 2.05) is 20.0 Å². The molecule has 0 aliphatic carbocycles. The minimum atomic E-state index is -4.70. The fraction of sp³-hybridized carbons (Fsp3) is 0.300. The number of aromatic nitrogens is 5. The molecule has 32 heavy (non-hydrogen) atoms. The van der Waals surface area contributed by atoms with Gasteiger partial charge in [0.2, 0.25) is 0 Å². The van der Waals surface area contributed by atoms with Gasteiger partial charge >= 0.3 is 6.18 Å². The Morgan fingerprint density at radius 1 is 1.28 bits per heavy atom. The van der Waals surface area contributed by atoms with Crippen molar-refractivity contribution in [2.75, 3.05) is 0 Å². The number of amides is 1. The number of nitrogens with one attached hydrogen (secondary N) is 1. The van der Waals surface area contributed by atoms with Gasteiger partial charge in [0.1, 0.15) is 0 Å². The molecule has 1 atom stereocenters. The van der Waals surface area contributed by atoms with E-state index in [0.717, 1.165) is 28.7 Å². The monoisotopic (exact) mass is 482 g/mol. The van der Waals surface area contributed by atoms with Crippen molar-refractivity contribution in [3.05, 3.63) is 57.4 Å². The zero-order valence-corrected chi connectivity index (χ0v) is 18.8. The first kappa shape index (κ1) is 22.3. The minimum absolute atomic E-state index is 0.0906. The summed E-state index contributed by atoms with van der Waals surface area (Å²) in [4.78, 5) is 17.5. The van der Waals surface area contributed by atoms with Crippen LogP contribution in [-0.2, 0) is 12.7 Å². The van der Waals surface area contributed by atoms with Crippen LogP contribution in [-0.4, -0.2) is 30.3 Å². The highest BCUT2D eigenvalue weighted by molar-refractivity contribution is 7.19. The van der Waals surface area contributed by atoms with Crippen molar-refractivity contribution in [1.82, 2.24) is 29.7 Å². The number of rotatable bonds is 5. The van der Waals surface area contributed by atoms with Crippen LogP contribution in [0.2, 0.25) is 4.34 Å². The second-order valence-corrected chi connectivity index (χ2v) is 8.86. The lowest BCUT2D eigenvalue weighted by molar-refractivity contribution is -0.142. The van der Waals surface area contributed by atoms with Crippen molar-refractivity contribution in [2.24, 2.45) is 0 Å². The number of thiophene rings is 1. The highest BCUT2D eigenvalue weighted by Crippen LogP contribution is 2.35. The molecule has 0 bridgehead atoms. The third kappa shape index (κ3) is 4.22. The van der Waals surface area contributed by atoms with Gasteiger partial charge in [-0.05, 0) is 39.0 Å². The van der Waals surface area contributed by atoms with Gasteiger partial charge in [0.05, 0.1) is 26.6 Å². The van der Waals surface area contributed by atoms with Crippen LogP contribution in [0.5, 0.6) is 0 Å². The highest BCUT2D eigenvalue weighted by atomic mass is 35.5.